The molecule has 8 nitrogen and oxygen atoms in total. The molecule has 1 aliphatic heterocycles. The molecule has 1 aliphatic rings. The molecule has 1 aromatic carbocycles. The Hall–Kier alpha value is -2.13. The first-order chi connectivity index (χ1) is 11.0. The number of esters is 1. The number of carbonyl (C=O) groups excluding carboxylic acids is 1. The van der Waals surface area contributed by atoms with Gasteiger partial charge in [0.1, 0.15) is 5.75 Å². The minimum absolute atomic E-state index is 0.188. The van der Waals surface area contributed by atoms with Gasteiger partial charge in [-0.15, -0.1) is 0 Å². The molecule has 9 heteroatoms. The van der Waals surface area contributed by atoms with E-state index in [1.54, 1.807) is 35.2 Å². The van der Waals surface area contributed by atoms with Crippen LogP contribution in [0.1, 0.15) is 5.56 Å². The minimum atomic E-state index is -3.96. The van der Waals surface area contributed by atoms with E-state index in [2.05, 4.69) is 14.2 Å². The second kappa shape index (κ2) is 7.93. The molecule has 23 heavy (non-hydrogen) atoms. The van der Waals surface area contributed by atoms with E-state index in [-0.39, 0.29) is 11.6 Å². The van der Waals surface area contributed by atoms with E-state index in [9.17, 15) is 13.2 Å². The monoisotopic (exact) mass is 342 g/mol. The average Bonchev–Trinajstić information content (AvgIpc) is 2.56. The second-order valence-electron chi connectivity index (χ2n) is 4.77. The number of morpholine rings is 1. The van der Waals surface area contributed by atoms with E-state index < -0.39 is 16.1 Å². The Morgan fingerprint density at radius 1 is 1.26 bits per heavy atom. The molecule has 0 atom stereocenters. The van der Waals surface area contributed by atoms with E-state index in [1.165, 1.54) is 7.11 Å². The van der Waals surface area contributed by atoms with Crippen molar-refractivity contribution in [2.75, 3.05) is 33.4 Å². The summed E-state index contributed by atoms with van der Waals surface area (Å²) in [5, 5.41) is 3.51. The van der Waals surface area contributed by atoms with Crippen LogP contribution in [0.4, 0.5) is 0 Å². The normalized spacial score (nSPS) is 16.0. The number of nitrogens with zero attached hydrogens (tertiary/aromatic N) is 2. The summed E-state index contributed by atoms with van der Waals surface area (Å²) >= 11 is 0. The van der Waals surface area contributed by atoms with E-state index in [0.717, 1.165) is 0 Å². The fraction of sp³-hybridized carbons (Fsp3) is 0.429. The number of rotatable bonds is 4. The van der Waals surface area contributed by atoms with Crippen LogP contribution in [0.25, 0.3) is 0 Å². The van der Waals surface area contributed by atoms with Crippen molar-refractivity contribution in [1.29, 1.82) is 0 Å². The molecule has 0 spiro atoms. The highest BCUT2D eigenvalue weighted by Crippen LogP contribution is 2.09. The molecule has 1 aromatic rings. The third-order valence-corrected chi connectivity index (χ3v) is 4.09. The minimum Gasteiger partial charge on any atom is -0.463 e. The van der Waals surface area contributed by atoms with Crippen molar-refractivity contribution in [2.24, 2.45) is 5.16 Å². The second-order valence-corrected chi connectivity index (χ2v) is 6.32. The number of hydrogen-bond acceptors (Lipinski definition) is 7. The van der Waals surface area contributed by atoms with Gasteiger partial charge in [0, 0.05) is 13.1 Å². The van der Waals surface area contributed by atoms with Gasteiger partial charge in [-0.1, -0.05) is 30.3 Å². The van der Waals surface area contributed by atoms with Gasteiger partial charge in [-0.2, -0.15) is 8.42 Å². The van der Waals surface area contributed by atoms with E-state index in [4.69, 9.17) is 4.74 Å². The lowest BCUT2D eigenvalue weighted by Gasteiger charge is -2.27. The number of ether oxygens (including phenoxy) is 2. The third-order valence-electron chi connectivity index (χ3n) is 3.10. The van der Waals surface area contributed by atoms with Gasteiger partial charge < -0.3 is 14.4 Å². The number of carbonyl (C=O) groups is 1. The first kappa shape index (κ1) is 17.2. The van der Waals surface area contributed by atoms with Crippen molar-refractivity contribution in [3.63, 3.8) is 0 Å². The maximum atomic E-state index is 12.0. The number of hydrogen-bond donors (Lipinski definition) is 0. The van der Waals surface area contributed by atoms with E-state index in [0.29, 0.717) is 31.9 Å². The Labute approximate surface area is 134 Å². The van der Waals surface area contributed by atoms with Gasteiger partial charge in [-0.25, -0.2) is 4.79 Å². The lowest BCUT2D eigenvalue weighted by Crippen LogP contribution is -2.44. The Morgan fingerprint density at radius 2 is 1.91 bits per heavy atom. The maximum Gasteiger partial charge on any atom is 0.377 e. The molecule has 0 aliphatic carbocycles. The van der Waals surface area contributed by atoms with Crippen LogP contribution in [0.15, 0.2) is 35.5 Å². The van der Waals surface area contributed by atoms with E-state index >= 15 is 0 Å². The molecule has 0 aromatic heterocycles. The number of methoxy groups -OCH3 is 1. The Bertz CT molecular complexity index is 653. The lowest BCUT2D eigenvalue weighted by molar-refractivity contribution is -0.134. The van der Waals surface area contributed by atoms with Gasteiger partial charge in [0.2, 0.25) is 0 Å². The largest absolute Gasteiger partial charge is 0.463 e. The predicted molar refractivity (Wildman–Crippen MR) is 82.0 cm³/mol. The highest BCUT2D eigenvalue weighted by molar-refractivity contribution is 7.85. The Kier molecular flexibility index (Phi) is 5.94. The molecule has 126 valence electrons. The van der Waals surface area contributed by atoms with Gasteiger partial charge in [0.25, 0.3) is 5.84 Å². The summed E-state index contributed by atoms with van der Waals surface area (Å²) in [7, 11) is -2.77. The summed E-state index contributed by atoms with van der Waals surface area (Å²) in [4.78, 5) is 13.3. The van der Waals surface area contributed by atoms with Crippen LogP contribution in [0.2, 0.25) is 0 Å². The summed E-state index contributed by atoms with van der Waals surface area (Å²) in [5.74, 6) is -1.29. The topological polar surface area (TPSA) is 94.5 Å². The lowest BCUT2D eigenvalue weighted by atomic mass is 10.2. The van der Waals surface area contributed by atoms with E-state index in [1.807, 2.05) is 0 Å². The van der Waals surface area contributed by atoms with Crippen molar-refractivity contribution < 1.29 is 27.0 Å². The first-order valence-electron chi connectivity index (χ1n) is 6.96. The molecule has 1 fully saturated rings. The summed E-state index contributed by atoms with van der Waals surface area (Å²) in [6, 6.07) is 8.55. The molecule has 0 N–H and O–H groups in total. The van der Waals surface area contributed by atoms with Crippen molar-refractivity contribution in [1.82, 2.24) is 4.90 Å². The Morgan fingerprint density at radius 3 is 2.52 bits per heavy atom. The summed E-state index contributed by atoms with van der Waals surface area (Å²) < 4.78 is 38.4. The summed E-state index contributed by atoms with van der Waals surface area (Å²) in [6.07, 6.45) is 0. The highest BCUT2D eigenvalue weighted by Gasteiger charge is 2.25. The van der Waals surface area contributed by atoms with Gasteiger partial charge in [-0.3, -0.25) is 4.28 Å². The number of oxime groups is 1. The summed E-state index contributed by atoms with van der Waals surface area (Å²) in [6.45, 7) is 1.62. The SMILES string of the molecule is COC(=O)C(=NOS(=O)(=O)Cc1ccccc1)N1CCOCC1. The number of amidine groups is 1. The fourth-order valence-corrected chi connectivity index (χ4v) is 2.82. The standard InChI is InChI=1S/C14H18N2O6S/c1-20-14(17)13(16-7-9-21-10-8-16)15-22-23(18,19)11-12-5-3-2-4-6-12/h2-6H,7-11H2,1H3. The molecule has 0 unspecified atom stereocenters. The van der Waals surface area contributed by atoms with Gasteiger partial charge in [0.05, 0.1) is 20.3 Å². The van der Waals surface area contributed by atoms with Crippen molar-refractivity contribution in [3.8, 4) is 0 Å². The van der Waals surface area contributed by atoms with Crippen LogP contribution in [0, 0.1) is 0 Å². The predicted octanol–water partition coefficient (Wildman–Crippen LogP) is 0.352. The smallest absolute Gasteiger partial charge is 0.377 e. The molecule has 0 bridgehead atoms. The third kappa shape index (κ3) is 5.22. The zero-order valence-electron chi connectivity index (χ0n) is 12.7. The van der Waals surface area contributed by atoms with Crippen LogP contribution in [-0.4, -0.2) is 58.5 Å². The van der Waals surface area contributed by atoms with Crippen molar-refractivity contribution in [3.05, 3.63) is 35.9 Å². The summed E-state index contributed by atoms with van der Waals surface area (Å²) in [5.41, 5.74) is 0.564. The molecule has 1 saturated heterocycles. The van der Waals surface area contributed by atoms with Crippen LogP contribution < -0.4 is 0 Å². The molecular weight excluding hydrogens is 324 g/mol. The van der Waals surface area contributed by atoms with Crippen LogP contribution >= 0.6 is 0 Å². The molecule has 1 heterocycles. The maximum absolute atomic E-state index is 12.0. The van der Waals surface area contributed by atoms with Crippen molar-refractivity contribution in [2.45, 2.75) is 5.75 Å². The Balaban J connectivity index is 2.10. The van der Waals surface area contributed by atoms with Gasteiger partial charge >= 0.3 is 16.1 Å². The fourth-order valence-electron chi connectivity index (χ4n) is 1.99. The van der Waals surface area contributed by atoms with Gasteiger partial charge in [0.15, 0.2) is 0 Å². The molecule has 0 saturated carbocycles. The average molecular weight is 342 g/mol. The van der Waals surface area contributed by atoms with Crippen LogP contribution in [0.5, 0.6) is 0 Å². The van der Waals surface area contributed by atoms with Crippen LogP contribution in [0.3, 0.4) is 0 Å². The molecular formula is C14H18N2O6S. The first-order valence-corrected chi connectivity index (χ1v) is 8.54. The molecule has 0 radical (unpaired) electrons. The van der Waals surface area contributed by atoms with Crippen molar-refractivity contribution >= 4 is 21.9 Å². The molecule has 2 rings (SSSR count). The number of benzene rings is 1. The van der Waals surface area contributed by atoms with Gasteiger partial charge in [-0.05, 0) is 10.7 Å². The zero-order valence-corrected chi connectivity index (χ0v) is 13.5. The zero-order chi connectivity index (χ0) is 16.7. The quantitative estimate of drug-likeness (QED) is 0.337. The highest BCUT2D eigenvalue weighted by atomic mass is 32.2. The van der Waals surface area contributed by atoms with Crippen LogP contribution in [-0.2, 0) is 34.4 Å². The molecule has 0 amide bonds.